The summed E-state index contributed by atoms with van der Waals surface area (Å²) >= 11 is 0. The maximum Gasteiger partial charge on any atom is 0.161 e. The van der Waals surface area contributed by atoms with E-state index in [1.807, 2.05) is 33.8 Å². The molecular formula is C111H210F6O7. The molecule has 2 bridgehead atoms. The van der Waals surface area contributed by atoms with E-state index in [1.165, 1.54) is 171 Å². The zero-order valence-electron chi connectivity index (χ0n) is 75.4. The summed E-state index contributed by atoms with van der Waals surface area (Å²) in [4.78, 5) is 0. The van der Waals surface area contributed by atoms with E-state index in [4.69, 9.17) is 33.2 Å². The van der Waals surface area contributed by atoms with E-state index >= 15 is 0 Å². The topological polar surface area (TPSA) is 64.6 Å². The fourth-order valence-corrected chi connectivity index (χ4v) is 13.3. The van der Waals surface area contributed by atoms with Crippen LogP contribution in [0.1, 0.15) is 395 Å². The Kier molecular flexibility index (Phi) is 88.7. The summed E-state index contributed by atoms with van der Waals surface area (Å²) in [5.41, 5.74) is 11.2. The first-order chi connectivity index (χ1) is 52.6. The van der Waals surface area contributed by atoms with Gasteiger partial charge in [0.2, 0.25) is 0 Å². The average Bonchev–Trinajstić information content (AvgIpc) is 0.793. The first-order valence-corrected chi connectivity index (χ1v) is 43.1. The number of hydrogen-bond acceptors (Lipinski definition) is 7. The fraction of sp³-hybridized carbons (Fsp3) is 0.730. The van der Waals surface area contributed by atoms with Gasteiger partial charge in [-0.3, -0.25) is 0 Å². The van der Waals surface area contributed by atoms with Crippen LogP contribution in [0.3, 0.4) is 0 Å². The maximum atomic E-state index is 12.7. The van der Waals surface area contributed by atoms with Gasteiger partial charge in [0.25, 0.3) is 0 Å². The van der Waals surface area contributed by atoms with Crippen LogP contribution in [-0.4, -0.2) is 77.1 Å². The van der Waals surface area contributed by atoms with Crippen LogP contribution in [0.25, 0.3) is 0 Å². The van der Waals surface area contributed by atoms with Gasteiger partial charge in [-0.05, 0) is 311 Å². The van der Waals surface area contributed by atoms with Crippen molar-refractivity contribution in [1.29, 1.82) is 0 Å². The first-order valence-electron chi connectivity index (χ1n) is 43.1. The monoisotopic (exact) mass is 1770 g/mol. The minimum atomic E-state index is -0.736. The van der Waals surface area contributed by atoms with Gasteiger partial charge in [-0.1, -0.05) is 267 Å². The summed E-state index contributed by atoms with van der Waals surface area (Å²) in [6.07, 6.45) is 34.2. The summed E-state index contributed by atoms with van der Waals surface area (Å²) in [5.74, 6) is 3.89. The van der Waals surface area contributed by atoms with Gasteiger partial charge in [0.1, 0.15) is 17.5 Å². The number of ether oxygens (including phenoxy) is 7. The molecule has 7 nitrogen and oxygen atoms in total. The number of benzene rings is 4. The van der Waals surface area contributed by atoms with Crippen molar-refractivity contribution in [2.24, 2.45) is 58.2 Å². The molecule has 0 radical (unpaired) electrons. The molecule has 13 heteroatoms. The van der Waals surface area contributed by atoms with E-state index in [0.29, 0.717) is 64.7 Å². The van der Waals surface area contributed by atoms with Gasteiger partial charge in [0.05, 0.1) is 57.2 Å². The fourth-order valence-electron chi connectivity index (χ4n) is 13.3. The highest BCUT2D eigenvalue weighted by atomic mass is 19.2. The molecular weight excluding hydrogens is 1560 g/mol. The molecule has 0 N–H and O–H groups in total. The van der Waals surface area contributed by atoms with Crippen LogP contribution in [0.2, 0.25) is 0 Å². The van der Waals surface area contributed by atoms with Crippen LogP contribution in [0.5, 0.6) is 0 Å². The number of allylic oxidation sites excluding steroid dienone is 4. The van der Waals surface area contributed by atoms with Gasteiger partial charge in [-0.2, -0.15) is 0 Å². The van der Waals surface area contributed by atoms with E-state index in [2.05, 4.69) is 154 Å². The molecule has 7 atom stereocenters. The molecule has 8 fully saturated rings. The Morgan fingerprint density at radius 2 is 0.621 bits per heavy atom. The number of rotatable bonds is 0. The van der Waals surface area contributed by atoms with Crippen LogP contribution in [0.15, 0.2) is 101 Å². The van der Waals surface area contributed by atoms with Crippen molar-refractivity contribution in [2.75, 3.05) is 46.2 Å². The zero-order valence-corrected chi connectivity index (χ0v) is 75.4. The minimum absolute atomic E-state index is 0. The lowest BCUT2D eigenvalue weighted by Crippen LogP contribution is -2.37. The predicted octanol–water partition coefficient (Wildman–Crippen LogP) is 37.2. The molecule has 4 aromatic carbocycles. The molecule has 11 aliphatic rings. The number of hydrogen-bond donors (Lipinski definition) is 0. The molecule has 15 rings (SSSR count). The van der Waals surface area contributed by atoms with Crippen molar-refractivity contribution in [3.8, 4) is 0 Å². The van der Waals surface area contributed by atoms with Crippen molar-refractivity contribution in [1.82, 2.24) is 0 Å². The Bertz CT molecular complexity index is 2950. The van der Waals surface area contributed by atoms with Gasteiger partial charge in [-0.25, -0.2) is 26.3 Å². The van der Waals surface area contributed by atoms with Gasteiger partial charge in [0, 0.05) is 38.5 Å². The normalized spacial score (nSPS) is 26.0. The minimum Gasteiger partial charge on any atom is -0.378 e. The standard InChI is InChI=1S/C10H18.2C8H8F2.C8H13F.C8H9F.C8H16.C8H14.C8H10.2C7H14O.C7H12O.2C6H12O2.12CH4.H2/c1-9-3-6-10(2,7-4-9)8-5-9;1-5-3-7(9)6(2)8(10)4-5;1-5-3-4-6(2)8(10)7(5)9;2*1-6-3-4-7(2)8(9)5-6;3*1-7-3-5-8(2)6-4-7;3*1-6-3-4-7(2)8-5-6;2*1-5-3-7-6(2)8-4-5;;;;;;;;;;;;;/h3-8H2,1-2H3;2*3-4H,1-2H3;6H,3-5H2,1-2H3;3-5H,1-2H3;7-8H,3-6H2,1-2H3;3,8H,4-6H2,1-2H3;3-6H,1-2H3;2*6-7H,3-5H2,1-2H3;3,7H,4-5H2,1-2H3;2*5-6H,3-4H2,1-2H3;12*1H4;1H. The highest BCUT2D eigenvalue weighted by Gasteiger charge is 2.43. The summed E-state index contributed by atoms with van der Waals surface area (Å²) < 4.78 is 112. The number of fused-ring (bicyclic) bond motifs is 3. The molecule has 0 spiro atoms. The number of halogens is 6. The third-order valence-electron chi connectivity index (χ3n) is 23.0. The second-order valence-electron chi connectivity index (χ2n) is 36.3. The molecule has 4 aromatic rings. The third kappa shape index (κ3) is 65.9. The maximum absolute atomic E-state index is 12.7. The molecule has 5 aliphatic heterocycles. The summed E-state index contributed by atoms with van der Waals surface area (Å²) in [6, 6.07) is 19.5. The second-order valence-corrected chi connectivity index (χ2v) is 36.3. The van der Waals surface area contributed by atoms with Gasteiger partial charge >= 0.3 is 0 Å². The van der Waals surface area contributed by atoms with Crippen molar-refractivity contribution in [3.05, 3.63) is 175 Å². The molecule has 4 saturated carbocycles. The lowest BCUT2D eigenvalue weighted by Gasteiger charge is -2.50. The van der Waals surface area contributed by atoms with E-state index in [1.54, 1.807) is 37.6 Å². The largest absolute Gasteiger partial charge is 0.378 e. The van der Waals surface area contributed by atoms with Crippen molar-refractivity contribution >= 4 is 0 Å². The van der Waals surface area contributed by atoms with Crippen LogP contribution in [0, 0.1) is 143 Å². The third-order valence-corrected chi connectivity index (χ3v) is 23.0. The van der Waals surface area contributed by atoms with E-state index in [9.17, 15) is 26.3 Å². The lowest BCUT2D eigenvalue weighted by atomic mass is 9.55. The highest BCUT2D eigenvalue weighted by molar-refractivity contribution is 5.25. The average molecular weight is 1770 g/mol. The van der Waals surface area contributed by atoms with Gasteiger partial charge in [-0.15, -0.1) is 0 Å². The van der Waals surface area contributed by atoms with Crippen LogP contribution >= 0.6 is 0 Å². The molecule has 6 aliphatic carbocycles. The van der Waals surface area contributed by atoms with Gasteiger partial charge < -0.3 is 33.2 Å². The van der Waals surface area contributed by atoms with E-state index < -0.39 is 23.3 Å². The lowest BCUT2D eigenvalue weighted by molar-refractivity contribution is -0.187. The van der Waals surface area contributed by atoms with Crippen LogP contribution < -0.4 is 0 Å². The summed E-state index contributed by atoms with van der Waals surface area (Å²) in [7, 11) is 0. The SMILES string of the molecule is C.C.C.C.C.C.C.C.C.C.C.C.CC12CCC(C)(CC1)CC2.CC1=C(F)CC(C)CC1.CC1=CCC(C)CC1.CC1=CCC(C)OC1.CC1CCC(C)CC1.CC1CCC(C)OC1.CC1CCC(C)OC1.CC1COC(C)OC1.CC1COC(C)OC1.Cc1cc(F)c(C)c(F)c1.Cc1ccc(C)c(F)c1.Cc1ccc(C)c(F)c1F.Cc1ccc(C)cc1.[HH]. The van der Waals surface area contributed by atoms with E-state index in [0.717, 1.165) is 111 Å². The molecule has 5 heterocycles. The zero-order chi connectivity index (χ0) is 84.3. The Labute approximate surface area is 771 Å². The predicted molar refractivity (Wildman–Crippen MR) is 543 cm³/mol. The first kappa shape index (κ1) is 142. The highest BCUT2D eigenvalue weighted by Crippen LogP contribution is 2.56. The van der Waals surface area contributed by atoms with Crippen molar-refractivity contribution in [2.45, 2.75) is 435 Å². The molecule has 0 amide bonds. The Balaban J connectivity index is -0.000000110. The van der Waals surface area contributed by atoms with Crippen molar-refractivity contribution in [3.63, 3.8) is 0 Å². The Hall–Kier alpha value is -4.60. The molecule has 7 unspecified atom stereocenters. The molecule has 0 aromatic heterocycles. The van der Waals surface area contributed by atoms with Gasteiger partial charge in [0.15, 0.2) is 24.2 Å². The van der Waals surface area contributed by atoms with Crippen LogP contribution in [0.4, 0.5) is 26.3 Å². The molecule has 738 valence electrons. The Morgan fingerprint density at radius 1 is 0.298 bits per heavy atom. The summed E-state index contributed by atoms with van der Waals surface area (Å²) in [5, 5.41) is 0. The second kappa shape index (κ2) is 77.2. The van der Waals surface area contributed by atoms with Crippen LogP contribution in [-0.2, 0) is 33.2 Å². The van der Waals surface area contributed by atoms with E-state index in [-0.39, 0.29) is 120 Å². The van der Waals surface area contributed by atoms with Crippen molar-refractivity contribution < 1.29 is 60.9 Å². The smallest absolute Gasteiger partial charge is 0.161 e. The quantitative estimate of drug-likeness (QED) is 0.128. The number of aryl methyl sites for hydroxylation is 7. The molecule has 124 heavy (non-hydrogen) atoms. The Morgan fingerprint density at radius 3 is 0.887 bits per heavy atom. The summed E-state index contributed by atoms with van der Waals surface area (Å²) in [6.45, 7) is 59.5. The molecule has 4 saturated heterocycles.